The van der Waals surface area contributed by atoms with Crippen LogP contribution in [-0.4, -0.2) is 35.2 Å². The van der Waals surface area contributed by atoms with Crippen LogP contribution in [0.2, 0.25) is 0 Å². The van der Waals surface area contributed by atoms with Crippen LogP contribution in [0.25, 0.3) is 0 Å². The predicted octanol–water partition coefficient (Wildman–Crippen LogP) is 4.20. The van der Waals surface area contributed by atoms with Crippen molar-refractivity contribution in [2.75, 3.05) is 13.2 Å². The fraction of sp³-hybridized carbons (Fsp3) is 0.391. The predicted molar refractivity (Wildman–Crippen MR) is 110 cm³/mol. The van der Waals surface area contributed by atoms with Gasteiger partial charge in [0.05, 0.1) is 13.0 Å². The summed E-state index contributed by atoms with van der Waals surface area (Å²) >= 11 is 0. The molecule has 0 aliphatic carbocycles. The highest BCUT2D eigenvalue weighted by Gasteiger charge is 2.15. The van der Waals surface area contributed by atoms with E-state index >= 15 is 0 Å². The van der Waals surface area contributed by atoms with Gasteiger partial charge in [-0.2, -0.15) is 0 Å². The Labute approximate surface area is 172 Å². The zero-order chi connectivity index (χ0) is 20.7. The number of carbonyl (C=O) groups is 2. The largest absolute Gasteiger partial charge is 0.481 e. The number of carbonyl (C=O) groups excluding carboxylic acids is 1. The molecule has 0 radical (unpaired) electrons. The molecule has 2 aromatic rings. The molecule has 0 aromatic heterocycles. The monoisotopic (exact) mass is 399 g/mol. The van der Waals surface area contributed by atoms with Gasteiger partial charge < -0.3 is 9.84 Å². The third kappa shape index (κ3) is 9.87. The molecule has 0 aliphatic heterocycles. The number of benzene rings is 2. The lowest BCUT2D eigenvalue weighted by atomic mass is 10.2. The average Bonchev–Trinajstić information content (AvgIpc) is 2.75. The number of hydrogen-bond donors (Lipinski definition) is 1. The summed E-state index contributed by atoms with van der Waals surface area (Å²) in [5.41, 5.74) is 2.11. The molecule has 0 atom stereocenters. The molecule has 1 amide bonds. The topological polar surface area (TPSA) is 76.1 Å². The maximum atomic E-state index is 12.3. The minimum Gasteiger partial charge on any atom is -0.481 e. The van der Waals surface area contributed by atoms with E-state index in [2.05, 4.69) is 0 Å². The fourth-order valence-electron chi connectivity index (χ4n) is 2.73. The summed E-state index contributed by atoms with van der Waals surface area (Å²) < 4.78 is 5.67. The molecule has 0 bridgehead atoms. The van der Waals surface area contributed by atoms with Crippen molar-refractivity contribution in [3.05, 3.63) is 71.8 Å². The van der Waals surface area contributed by atoms with E-state index < -0.39 is 5.97 Å². The van der Waals surface area contributed by atoms with Gasteiger partial charge in [-0.1, -0.05) is 60.7 Å². The Bertz CT molecular complexity index is 721. The Morgan fingerprint density at radius 1 is 0.793 bits per heavy atom. The van der Waals surface area contributed by atoms with Crippen LogP contribution in [0.1, 0.15) is 43.2 Å². The van der Waals surface area contributed by atoms with Crippen LogP contribution in [-0.2, 0) is 32.4 Å². The number of rotatable bonds is 14. The van der Waals surface area contributed by atoms with Crippen LogP contribution >= 0.6 is 0 Å². The van der Waals surface area contributed by atoms with E-state index in [0.717, 1.165) is 30.4 Å². The number of amides is 1. The normalized spacial score (nSPS) is 10.6. The van der Waals surface area contributed by atoms with Crippen LogP contribution in [0.15, 0.2) is 60.7 Å². The van der Waals surface area contributed by atoms with Crippen molar-refractivity contribution >= 4 is 11.9 Å². The van der Waals surface area contributed by atoms with Crippen molar-refractivity contribution in [2.24, 2.45) is 0 Å². The molecule has 2 rings (SSSR count). The average molecular weight is 399 g/mol. The quantitative estimate of drug-likeness (QED) is 0.381. The van der Waals surface area contributed by atoms with Crippen molar-refractivity contribution < 1.29 is 24.3 Å². The van der Waals surface area contributed by atoms with Gasteiger partial charge in [0.15, 0.2) is 0 Å². The number of hydroxylamine groups is 2. The first-order valence-corrected chi connectivity index (χ1v) is 9.96. The Balaban J connectivity index is 1.68. The molecule has 1 N–H and O–H groups in total. The number of hydrogen-bond acceptors (Lipinski definition) is 4. The van der Waals surface area contributed by atoms with Gasteiger partial charge in [0.2, 0.25) is 5.91 Å². The third-order valence-electron chi connectivity index (χ3n) is 4.32. The zero-order valence-electron chi connectivity index (χ0n) is 16.7. The highest BCUT2D eigenvalue weighted by Crippen LogP contribution is 2.09. The van der Waals surface area contributed by atoms with Crippen LogP contribution in [0, 0.1) is 0 Å². The minimum atomic E-state index is -0.989. The number of nitrogens with zero attached hydrogens (tertiary/aromatic N) is 1. The Morgan fingerprint density at radius 3 is 2.03 bits per heavy atom. The second-order valence-corrected chi connectivity index (χ2v) is 6.75. The van der Waals surface area contributed by atoms with Gasteiger partial charge in [0, 0.05) is 19.6 Å². The van der Waals surface area contributed by atoms with E-state index in [4.69, 9.17) is 14.7 Å². The van der Waals surface area contributed by atoms with E-state index in [9.17, 15) is 9.59 Å². The van der Waals surface area contributed by atoms with Crippen LogP contribution < -0.4 is 0 Å². The Kier molecular flexibility index (Phi) is 10.5. The molecule has 0 heterocycles. The van der Waals surface area contributed by atoms with E-state index in [0.29, 0.717) is 19.8 Å². The van der Waals surface area contributed by atoms with Gasteiger partial charge in [-0.25, -0.2) is 5.06 Å². The number of aliphatic carboxylic acids is 1. The van der Waals surface area contributed by atoms with Gasteiger partial charge in [0.25, 0.3) is 0 Å². The van der Waals surface area contributed by atoms with Gasteiger partial charge >= 0.3 is 5.97 Å². The van der Waals surface area contributed by atoms with Crippen molar-refractivity contribution in [1.29, 1.82) is 0 Å². The van der Waals surface area contributed by atoms with Crippen molar-refractivity contribution in [2.45, 2.75) is 45.3 Å². The van der Waals surface area contributed by atoms with Crippen molar-refractivity contribution in [3.8, 4) is 0 Å². The summed E-state index contributed by atoms with van der Waals surface area (Å²) in [7, 11) is 0. The lowest BCUT2D eigenvalue weighted by Gasteiger charge is -2.22. The van der Waals surface area contributed by atoms with E-state index in [1.54, 1.807) is 0 Å². The Morgan fingerprint density at radius 2 is 1.41 bits per heavy atom. The SMILES string of the molecule is O=C(O)CCC(=O)N(CCCCCOCc1ccccc1)OCc1ccccc1. The Hall–Kier alpha value is -2.70. The zero-order valence-corrected chi connectivity index (χ0v) is 16.7. The smallest absolute Gasteiger partial charge is 0.303 e. The maximum Gasteiger partial charge on any atom is 0.303 e. The summed E-state index contributed by atoms with van der Waals surface area (Å²) in [6.45, 7) is 1.97. The molecule has 6 heteroatoms. The molecule has 0 aliphatic rings. The molecular weight excluding hydrogens is 370 g/mol. The molecule has 0 saturated heterocycles. The first-order valence-electron chi connectivity index (χ1n) is 9.96. The second-order valence-electron chi connectivity index (χ2n) is 6.75. The minimum absolute atomic E-state index is 0.0652. The molecule has 0 fully saturated rings. The summed E-state index contributed by atoms with van der Waals surface area (Å²) in [6, 6.07) is 19.6. The number of carboxylic acids is 1. The highest BCUT2D eigenvalue weighted by molar-refractivity contribution is 5.79. The van der Waals surface area contributed by atoms with E-state index in [1.165, 1.54) is 5.06 Å². The van der Waals surface area contributed by atoms with Crippen molar-refractivity contribution in [3.63, 3.8) is 0 Å². The van der Waals surface area contributed by atoms with E-state index in [-0.39, 0.29) is 25.4 Å². The molecule has 156 valence electrons. The van der Waals surface area contributed by atoms with Gasteiger partial charge in [-0.3, -0.25) is 14.4 Å². The maximum absolute atomic E-state index is 12.3. The molecule has 6 nitrogen and oxygen atoms in total. The number of carboxylic acid groups (broad SMARTS) is 1. The van der Waals surface area contributed by atoms with Crippen molar-refractivity contribution in [1.82, 2.24) is 5.06 Å². The van der Waals surface area contributed by atoms with Gasteiger partial charge in [-0.15, -0.1) is 0 Å². The number of ether oxygens (including phenoxy) is 1. The molecule has 0 unspecified atom stereocenters. The first kappa shape index (κ1) is 22.6. The molecule has 0 saturated carbocycles. The molecule has 2 aromatic carbocycles. The van der Waals surface area contributed by atoms with Crippen LogP contribution in [0.4, 0.5) is 0 Å². The lowest BCUT2D eigenvalue weighted by Crippen LogP contribution is -2.32. The molecule has 0 spiro atoms. The molecular formula is C23H29NO5. The lowest BCUT2D eigenvalue weighted by molar-refractivity contribution is -0.192. The summed E-state index contributed by atoms with van der Waals surface area (Å²) in [5.74, 6) is -1.29. The van der Waals surface area contributed by atoms with Gasteiger partial charge in [-0.05, 0) is 30.4 Å². The highest BCUT2D eigenvalue weighted by atomic mass is 16.7. The standard InChI is InChI=1S/C23H29NO5/c25-22(14-15-23(26)27)24(29-19-21-12-6-2-7-13-21)16-8-3-9-17-28-18-20-10-4-1-5-11-20/h1-2,4-7,10-13H,3,8-9,14-19H2,(H,26,27). The second kappa shape index (κ2) is 13.5. The summed E-state index contributed by atoms with van der Waals surface area (Å²) in [5, 5.41) is 10.1. The first-order chi connectivity index (χ1) is 14.1. The van der Waals surface area contributed by atoms with E-state index in [1.807, 2.05) is 60.7 Å². The summed E-state index contributed by atoms with van der Waals surface area (Å²) in [4.78, 5) is 28.7. The molecule has 29 heavy (non-hydrogen) atoms. The third-order valence-corrected chi connectivity index (χ3v) is 4.32. The number of unbranched alkanes of at least 4 members (excludes halogenated alkanes) is 2. The fourth-order valence-corrected chi connectivity index (χ4v) is 2.73. The summed E-state index contributed by atoms with van der Waals surface area (Å²) in [6.07, 6.45) is 2.29. The van der Waals surface area contributed by atoms with Crippen LogP contribution in [0.3, 0.4) is 0 Å². The van der Waals surface area contributed by atoms with Crippen LogP contribution in [0.5, 0.6) is 0 Å². The van der Waals surface area contributed by atoms with Gasteiger partial charge in [0.1, 0.15) is 6.61 Å².